The standard InChI is InChI=1S/C70H136O17P2/c1-60(2)46-38-30-22-17-14-12-10-9-11-13-15-19-25-36-44-52-69(74)86-65(56-80-67(72)50-42-34-27-21-24-32-40-48-62(5)6)58-84-88(76,77)82-54-64(71)55-83-89(78,79)85-59-66(57-81-68(73)51-43-35-29-28-33-41-49-63(7)8)87-70(75)53-45-37-26-20-16-18-23-31-39-47-61(3)4/h60-66,71H,9-59H2,1-8H3,(H,76,77)(H,78,79)/t64?,65-,66-/m1/s1. The van der Waals surface area contributed by atoms with Gasteiger partial charge in [-0.05, 0) is 49.4 Å². The van der Waals surface area contributed by atoms with Crippen molar-refractivity contribution in [2.45, 2.75) is 363 Å². The lowest BCUT2D eigenvalue weighted by Crippen LogP contribution is -2.30. The molecule has 528 valence electrons. The van der Waals surface area contributed by atoms with Gasteiger partial charge >= 0.3 is 39.5 Å². The zero-order valence-electron chi connectivity index (χ0n) is 58.1. The summed E-state index contributed by atoms with van der Waals surface area (Å²) in [6.45, 7) is 14.0. The maximum atomic E-state index is 13.0. The van der Waals surface area contributed by atoms with Gasteiger partial charge < -0.3 is 33.8 Å². The third-order valence-electron chi connectivity index (χ3n) is 16.1. The largest absolute Gasteiger partial charge is 0.472 e. The molecule has 0 rings (SSSR count). The molecule has 0 aliphatic carbocycles. The lowest BCUT2D eigenvalue weighted by Gasteiger charge is -2.21. The van der Waals surface area contributed by atoms with Gasteiger partial charge in [-0.25, -0.2) is 9.13 Å². The highest BCUT2D eigenvalue weighted by Gasteiger charge is 2.30. The summed E-state index contributed by atoms with van der Waals surface area (Å²) < 4.78 is 68.2. The van der Waals surface area contributed by atoms with E-state index in [-0.39, 0.29) is 25.7 Å². The van der Waals surface area contributed by atoms with Crippen molar-refractivity contribution in [3.63, 3.8) is 0 Å². The molecule has 0 radical (unpaired) electrons. The lowest BCUT2D eigenvalue weighted by atomic mass is 10.0. The zero-order valence-corrected chi connectivity index (χ0v) is 59.8. The minimum absolute atomic E-state index is 0.104. The van der Waals surface area contributed by atoms with E-state index >= 15 is 0 Å². The van der Waals surface area contributed by atoms with E-state index in [0.717, 1.165) is 115 Å². The maximum absolute atomic E-state index is 13.0. The number of carbonyl (C=O) groups is 4. The Morgan fingerprint density at radius 2 is 0.472 bits per heavy atom. The molecule has 3 N–H and O–H groups in total. The number of hydrogen-bond acceptors (Lipinski definition) is 15. The van der Waals surface area contributed by atoms with Crippen LogP contribution in [0.3, 0.4) is 0 Å². The first-order valence-electron chi connectivity index (χ1n) is 36.2. The molecule has 0 saturated heterocycles. The first-order valence-corrected chi connectivity index (χ1v) is 39.2. The first-order chi connectivity index (χ1) is 42.6. The smallest absolute Gasteiger partial charge is 0.462 e. The Morgan fingerprint density at radius 1 is 0.281 bits per heavy atom. The Labute approximate surface area is 543 Å². The fourth-order valence-electron chi connectivity index (χ4n) is 10.5. The van der Waals surface area contributed by atoms with Gasteiger partial charge in [0.2, 0.25) is 0 Å². The van der Waals surface area contributed by atoms with E-state index in [1.807, 2.05) is 0 Å². The number of esters is 4. The van der Waals surface area contributed by atoms with Crippen molar-refractivity contribution in [3.05, 3.63) is 0 Å². The molecule has 17 nitrogen and oxygen atoms in total. The van der Waals surface area contributed by atoms with Crippen LogP contribution in [0.25, 0.3) is 0 Å². The fourth-order valence-corrected chi connectivity index (χ4v) is 12.1. The van der Waals surface area contributed by atoms with Crippen molar-refractivity contribution >= 4 is 39.5 Å². The zero-order chi connectivity index (χ0) is 66.1. The highest BCUT2D eigenvalue weighted by molar-refractivity contribution is 7.47. The second-order valence-corrected chi connectivity index (χ2v) is 30.1. The van der Waals surface area contributed by atoms with Crippen LogP contribution < -0.4 is 0 Å². The van der Waals surface area contributed by atoms with Crippen LogP contribution in [-0.2, 0) is 65.4 Å². The molecule has 89 heavy (non-hydrogen) atoms. The quantitative estimate of drug-likeness (QED) is 0.0222. The average Bonchev–Trinajstić information content (AvgIpc) is 3.63. The maximum Gasteiger partial charge on any atom is 0.472 e. The minimum atomic E-state index is -4.95. The fraction of sp³-hybridized carbons (Fsp3) is 0.943. The van der Waals surface area contributed by atoms with Crippen LogP contribution in [0.15, 0.2) is 0 Å². The van der Waals surface area contributed by atoms with Gasteiger partial charge in [0.1, 0.15) is 19.3 Å². The van der Waals surface area contributed by atoms with Crippen LogP contribution in [0.4, 0.5) is 0 Å². The van der Waals surface area contributed by atoms with Gasteiger partial charge in [0.05, 0.1) is 26.4 Å². The second kappa shape index (κ2) is 59.8. The van der Waals surface area contributed by atoms with Gasteiger partial charge in [-0.15, -0.1) is 0 Å². The van der Waals surface area contributed by atoms with Crippen LogP contribution in [0.2, 0.25) is 0 Å². The average molecular weight is 1310 g/mol. The van der Waals surface area contributed by atoms with E-state index in [2.05, 4.69) is 55.4 Å². The molecule has 0 aromatic heterocycles. The predicted octanol–water partition coefficient (Wildman–Crippen LogP) is 19.7. The molecule has 0 saturated carbocycles. The molecule has 0 aromatic carbocycles. The van der Waals surface area contributed by atoms with E-state index in [9.17, 15) is 43.2 Å². The Hall–Kier alpha value is -1.94. The highest BCUT2D eigenvalue weighted by Crippen LogP contribution is 2.45. The highest BCUT2D eigenvalue weighted by atomic mass is 31.2. The lowest BCUT2D eigenvalue weighted by molar-refractivity contribution is -0.161. The van der Waals surface area contributed by atoms with E-state index in [0.29, 0.717) is 37.5 Å². The topological polar surface area (TPSA) is 237 Å². The molecular weight excluding hydrogens is 1170 g/mol. The number of phosphoric acid groups is 2. The Morgan fingerprint density at radius 3 is 0.697 bits per heavy atom. The Bertz CT molecular complexity index is 1760. The molecule has 19 heteroatoms. The molecule has 0 aliphatic heterocycles. The number of unbranched alkanes of at least 4 members (excludes halogenated alkanes) is 33. The van der Waals surface area contributed by atoms with Crippen LogP contribution in [0, 0.1) is 23.7 Å². The van der Waals surface area contributed by atoms with Crippen molar-refractivity contribution in [2.75, 3.05) is 39.6 Å². The van der Waals surface area contributed by atoms with Crippen molar-refractivity contribution in [1.29, 1.82) is 0 Å². The summed E-state index contributed by atoms with van der Waals surface area (Å²) in [5.41, 5.74) is 0. The number of aliphatic hydroxyl groups is 1. The molecule has 0 aromatic rings. The van der Waals surface area contributed by atoms with Crippen molar-refractivity contribution in [3.8, 4) is 0 Å². The molecule has 3 unspecified atom stereocenters. The molecule has 0 heterocycles. The third kappa shape index (κ3) is 64.6. The molecule has 5 atom stereocenters. The van der Waals surface area contributed by atoms with E-state index in [1.54, 1.807) is 0 Å². The molecule has 0 amide bonds. The number of phosphoric ester groups is 2. The van der Waals surface area contributed by atoms with Gasteiger partial charge in [0, 0.05) is 25.7 Å². The Balaban J connectivity index is 5.21. The van der Waals surface area contributed by atoms with Crippen LogP contribution >= 0.6 is 15.6 Å². The minimum Gasteiger partial charge on any atom is -0.462 e. The molecule has 0 bridgehead atoms. The second-order valence-electron chi connectivity index (χ2n) is 27.2. The van der Waals surface area contributed by atoms with Gasteiger partial charge in [0.25, 0.3) is 0 Å². The number of carbonyl (C=O) groups excluding carboxylic acids is 4. The number of aliphatic hydroxyl groups excluding tert-OH is 1. The predicted molar refractivity (Wildman–Crippen MR) is 358 cm³/mol. The normalized spacial score (nSPS) is 14.3. The summed E-state index contributed by atoms with van der Waals surface area (Å²) in [5, 5.41) is 10.6. The van der Waals surface area contributed by atoms with Crippen LogP contribution in [-0.4, -0.2) is 96.7 Å². The number of rotatable bonds is 67. The third-order valence-corrected chi connectivity index (χ3v) is 18.0. The van der Waals surface area contributed by atoms with Gasteiger partial charge in [0.15, 0.2) is 12.2 Å². The van der Waals surface area contributed by atoms with Crippen molar-refractivity contribution in [1.82, 2.24) is 0 Å². The van der Waals surface area contributed by atoms with E-state index < -0.39 is 97.5 Å². The summed E-state index contributed by atoms with van der Waals surface area (Å²) in [5.74, 6) is 0.791. The van der Waals surface area contributed by atoms with Gasteiger partial charge in [-0.2, -0.15) is 0 Å². The van der Waals surface area contributed by atoms with Crippen molar-refractivity contribution in [2.24, 2.45) is 23.7 Å². The van der Waals surface area contributed by atoms with E-state index in [4.69, 9.17) is 37.0 Å². The summed E-state index contributed by atoms with van der Waals surface area (Å²) >= 11 is 0. The van der Waals surface area contributed by atoms with E-state index in [1.165, 1.54) is 135 Å². The monoisotopic (exact) mass is 1310 g/mol. The van der Waals surface area contributed by atoms with Gasteiger partial charge in [-0.3, -0.25) is 37.3 Å². The molecule has 0 spiro atoms. The Kier molecular flexibility index (Phi) is 58.5. The molecule has 0 fully saturated rings. The van der Waals surface area contributed by atoms with Gasteiger partial charge in [-0.1, -0.05) is 293 Å². The number of hydrogen-bond donors (Lipinski definition) is 3. The van der Waals surface area contributed by atoms with Crippen LogP contribution in [0.1, 0.15) is 344 Å². The van der Waals surface area contributed by atoms with Crippen molar-refractivity contribution < 1.29 is 80.2 Å². The SMILES string of the molecule is CC(C)CCCCCCCCCCCCCCCCCC(=O)O[C@H](COC(=O)CCCCCCCCCC(C)C)COP(=O)(O)OCC(O)COP(=O)(O)OC[C@@H](COC(=O)CCCCCCCCC(C)C)OC(=O)CCCCCCCCCCCC(C)C. The van der Waals surface area contributed by atoms with Crippen LogP contribution in [0.5, 0.6) is 0 Å². The molecule has 0 aliphatic rings. The summed E-state index contributed by atoms with van der Waals surface area (Å²) in [7, 11) is -9.90. The summed E-state index contributed by atoms with van der Waals surface area (Å²) in [4.78, 5) is 72.4. The molecular formula is C70H136O17P2. The first kappa shape index (κ1) is 87.1. The summed E-state index contributed by atoms with van der Waals surface area (Å²) in [6.07, 6.45) is 42.0. The summed E-state index contributed by atoms with van der Waals surface area (Å²) in [6, 6.07) is 0. The number of ether oxygens (including phenoxy) is 4.